The SMILES string of the molecule is C#CC1=CC=C(c2ccc(O)cc2)N(CC)C1=C. The van der Waals surface area contributed by atoms with Crippen molar-refractivity contribution in [3.8, 4) is 18.1 Å². The Balaban J connectivity index is 2.46. The van der Waals surface area contributed by atoms with Gasteiger partial charge in [0.2, 0.25) is 0 Å². The first kappa shape index (κ1) is 12.1. The molecule has 0 bridgehead atoms. The fourth-order valence-electron chi connectivity index (χ4n) is 2.02. The number of phenolic OH excluding ortho intramolecular Hbond substituents is 1. The van der Waals surface area contributed by atoms with E-state index in [2.05, 4.69) is 24.3 Å². The number of phenols is 1. The predicted octanol–water partition coefficient (Wildman–Crippen LogP) is 3.14. The molecule has 0 atom stereocenters. The van der Waals surface area contributed by atoms with Crippen molar-refractivity contribution in [2.24, 2.45) is 0 Å². The minimum absolute atomic E-state index is 0.261. The lowest BCUT2D eigenvalue weighted by atomic mass is 10.0. The zero-order valence-corrected chi connectivity index (χ0v) is 10.4. The summed E-state index contributed by atoms with van der Waals surface area (Å²) in [6.07, 6.45) is 9.33. The van der Waals surface area contributed by atoms with Crippen LogP contribution in [0.1, 0.15) is 12.5 Å². The van der Waals surface area contributed by atoms with Crippen LogP contribution in [0.2, 0.25) is 0 Å². The van der Waals surface area contributed by atoms with Gasteiger partial charge in [-0.2, -0.15) is 0 Å². The van der Waals surface area contributed by atoms with E-state index in [1.165, 1.54) is 0 Å². The Morgan fingerprint density at radius 2 is 1.94 bits per heavy atom. The van der Waals surface area contributed by atoms with Crippen molar-refractivity contribution in [1.82, 2.24) is 4.90 Å². The van der Waals surface area contributed by atoms with E-state index < -0.39 is 0 Å². The first-order chi connectivity index (χ1) is 8.67. The molecule has 1 aliphatic heterocycles. The number of allylic oxidation sites excluding steroid dienone is 3. The Bertz CT molecular complexity index is 570. The van der Waals surface area contributed by atoms with E-state index in [1.807, 2.05) is 24.3 Å². The molecule has 1 aliphatic rings. The molecule has 0 aromatic heterocycles. The Morgan fingerprint density at radius 1 is 1.28 bits per heavy atom. The average molecular weight is 237 g/mol. The summed E-state index contributed by atoms with van der Waals surface area (Å²) in [7, 11) is 0. The van der Waals surface area contributed by atoms with E-state index in [0.29, 0.717) is 0 Å². The molecule has 2 heteroatoms. The van der Waals surface area contributed by atoms with E-state index in [9.17, 15) is 5.11 Å². The molecule has 0 saturated carbocycles. The van der Waals surface area contributed by atoms with Crippen LogP contribution in [0.4, 0.5) is 0 Å². The molecular formula is C16H15NO. The highest BCUT2D eigenvalue weighted by molar-refractivity contribution is 5.72. The Morgan fingerprint density at radius 3 is 2.50 bits per heavy atom. The van der Waals surface area contributed by atoms with Gasteiger partial charge in [0.1, 0.15) is 5.75 Å². The lowest BCUT2D eigenvalue weighted by Crippen LogP contribution is -2.23. The van der Waals surface area contributed by atoms with Crippen LogP contribution in [-0.4, -0.2) is 16.6 Å². The van der Waals surface area contributed by atoms with E-state index in [-0.39, 0.29) is 5.75 Å². The maximum Gasteiger partial charge on any atom is 0.115 e. The van der Waals surface area contributed by atoms with Gasteiger partial charge in [-0.3, -0.25) is 0 Å². The molecule has 0 aliphatic carbocycles. The lowest BCUT2D eigenvalue weighted by molar-refractivity contribution is 0.475. The number of aromatic hydroxyl groups is 1. The number of hydrogen-bond donors (Lipinski definition) is 1. The average Bonchev–Trinajstić information content (AvgIpc) is 2.39. The largest absolute Gasteiger partial charge is 0.508 e. The summed E-state index contributed by atoms with van der Waals surface area (Å²) in [5, 5.41) is 9.32. The Labute approximate surface area is 108 Å². The molecule has 90 valence electrons. The molecule has 1 N–H and O–H groups in total. The van der Waals surface area contributed by atoms with Gasteiger partial charge in [0.05, 0.1) is 0 Å². The maximum absolute atomic E-state index is 9.32. The van der Waals surface area contributed by atoms with Crippen LogP contribution in [0, 0.1) is 12.3 Å². The third-order valence-electron chi connectivity index (χ3n) is 2.97. The van der Waals surface area contributed by atoms with Crippen molar-refractivity contribution in [3.05, 3.63) is 59.8 Å². The molecule has 1 aromatic carbocycles. The quantitative estimate of drug-likeness (QED) is 0.799. The third-order valence-corrected chi connectivity index (χ3v) is 2.97. The molecule has 2 rings (SSSR count). The van der Waals surface area contributed by atoms with Crippen LogP contribution < -0.4 is 0 Å². The maximum atomic E-state index is 9.32. The van der Waals surface area contributed by atoms with E-state index in [4.69, 9.17) is 6.42 Å². The summed E-state index contributed by atoms with van der Waals surface area (Å²) in [5.41, 5.74) is 3.72. The van der Waals surface area contributed by atoms with Crippen LogP contribution in [0.15, 0.2) is 54.3 Å². The van der Waals surface area contributed by atoms with Crippen molar-refractivity contribution in [1.29, 1.82) is 0 Å². The van der Waals surface area contributed by atoms with Crippen molar-refractivity contribution in [2.75, 3.05) is 6.54 Å². The number of benzene rings is 1. The zero-order chi connectivity index (χ0) is 13.1. The molecule has 18 heavy (non-hydrogen) atoms. The smallest absolute Gasteiger partial charge is 0.115 e. The third kappa shape index (κ3) is 2.03. The highest BCUT2D eigenvalue weighted by Crippen LogP contribution is 2.30. The van der Waals surface area contributed by atoms with Gasteiger partial charge in [0.25, 0.3) is 0 Å². The molecule has 0 saturated heterocycles. The monoisotopic (exact) mass is 237 g/mol. The standard InChI is InChI=1S/C16H15NO/c1-4-13-8-11-16(17(5-2)12(13)3)14-6-9-15(18)10-7-14/h1,6-11,18H,3,5H2,2H3. The molecular weight excluding hydrogens is 222 g/mol. The second kappa shape index (κ2) is 4.85. The molecule has 1 heterocycles. The lowest BCUT2D eigenvalue weighted by Gasteiger charge is -2.30. The number of hydrogen-bond acceptors (Lipinski definition) is 2. The fourth-order valence-corrected chi connectivity index (χ4v) is 2.02. The number of nitrogens with zero attached hydrogens (tertiary/aromatic N) is 1. The van der Waals surface area contributed by atoms with Gasteiger partial charge < -0.3 is 10.0 Å². The fraction of sp³-hybridized carbons (Fsp3) is 0.125. The number of terminal acetylenes is 1. The van der Waals surface area contributed by atoms with E-state index in [0.717, 1.165) is 29.1 Å². The molecule has 0 unspecified atom stereocenters. The summed E-state index contributed by atoms with van der Waals surface area (Å²) in [4.78, 5) is 2.07. The van der Waals surface area contributed by atoms with Crippen LogP contribution in [0.3, 0.4) is 0 Å². The van der Waals surface area contributed by atoms with Crippen molar-refractivity contribution < 1.29 is 5.11 Å². The molecule has 0 amide bonds. The van der Waals surface area contributed by atoms with E-state index in [1.54, 1.807) is 12.1 Å². The first-order valence-corrected chi connectivity index (χ1v) is 5.82. The normalized spacial score (nSPS) is 14.9. The van der Waals surface area contributed by atoms with Crippen LogP contribution in [0.25, 0.3) is 5.70 Å². The van der Waals surface area contributed by atoms with Gasteiger partial charge in [-0.25, -0.2) is 0 Å². The summed E-state index contributed by atoms with van der Waals surface area (Å²) >= 11 is 0. The highest BCUT2D eigenvalue weighted by Gasteiger charge is 2.18. The van der Waals surface area contributed by atoms with Gasteiger partial charge in [-0.15, -0.1) is 6.42 Å². The molecule has 0 spiro atoms. The minimum Gasteiger partial charge on any atom is -0.508 e. The first-order valence-electron chi connectivity index (χ1n) is 5.82. The molecule has 2 nitrogen and oxygen atoms in total. The van der Waals surface area contributed by atoms with Crippen molar-refractivity contribution in [3.63, 3.8) is 0 Å². The summed E-state index contributed by atoms with van der Waals surface area (Å²) in [5.74, 6) is 2.90. The highest BCUT2D eigenvalue weighted by atomic mass is 16.3. The Kier molecular flexibility index (Phi) is 3.25. The van der Waals surface area contributed by atoms with Gasteiger partial charge in [0.15, 0.2) is 0 Å². The minimum atomic E-state index is 0.261. The summed E-state index contributed by atoms with van der Waals surface area (Å²) in [6.45, 7) is 6.89. The molecule has 0 radical (unpaired) electrons. The topological polar surface area (TPSA) is 23.5 Å². The van der Waals surface area contributed by atoms with Gasteiger partial charge in [0, 0.05) is 23.5 Å². The van der Waals surface area contributed by atoms with E-state index >= 15 is 0 Å². The molecule has 1 aromatic rings. The summed E-state index contributed by atoms with van der Waals surface area (Å²) in [6, 6.07) is 7.11. The second-order valence-electron chi connectivity index (χ2n) is 4.01. The van der Waals surface area contributed by atoms with Crippen LogP contribution in [0.5, 0.6) is 5.75 Å². The zero-order valence-electron chi connectivity index (χ0n) is 10.4. The van der Waals surface area contributed by atoms with Crippen LogP contribution in [-0.2, 0) is 0 Å². The van der Waals surface area contributed by atoms with Crippen LogP contribution >= 0.6 is 0 Å². The molecule has 0 fully saturated rings. The Hall–Kier alpha value is -2.40. The van der Waals surface area contributed by atoms with Crippen molar-refractivity contribution >= 4 is 5.70 Å². The van der Waals surface area contributed by atoms with Crippen molar-refractivity contribution in [2.45, 2.75) is 6.92 Å². The predicted molar refractivity (Wildman–Crippen MR) is 74.5 cm³/mol. The summed E-state index contributed by atoms with van der Waals surface area (Å²) < 4.78 is 0. The number of likely N-dealkylation sites (N-methyl/N-ethyl adjacent to an activating group) is 1. The van der Waals surface area contributed by atoms with Gasteiger partial charge in [-0.1, -0.05) is 12.5 Å². The second-order valence-corrected chi connectivity index (χ2v) is 4.01. The van der Waals surface area contributed by atoms with Gasteiger partial charge >= 0.3 is 0 Å². The van der Waals surface area contributed by atoms with Gasteiger partial charge in [-0.05, 0) is 48.9 Å². The number of rotatable bonds is 2.